The van der Waals surface area contributed by atoms with Crippen LogP contribution in [0.4, 0.5) is 0 Å². The van der Waals surface area contributed by atoms with Gasteiger partial charge in [0.15, 0.2) is 0 Å². The van der Waals surface area contributed by atoms with E-state index in [4.69, 9.17) is 9.84 Å². The number of aromatic carboxylic acids is 1. The van der Waals surface area contributed by atoms with Gasteiger partial charge >= 0.3 is 5.97 Å². The molecule has 0 aliphatic carbocycles. The van der Waals surface area contributed by atoms with Gasteiger partial charge in [-0.05, 0) is 18.9 Å². The van der Waals surface area contributed by atoms with Gasteiger partial charge in [-0.1, -0.05) is 0 Å². The third kappa shape index (κ3) is 1.69. The maximum absolute atomic E-state index is 11.2. The number of ether oxygens (including phenoxy) is 1. The van der Waals surface area contributed by atoms with Crippen molar-refractivity contribution in [2.24, 2.45) is 0 Å². The number of fused-ring (bicyclic) bond motifs is 1. The minimum Gasteiger partial charge on any atom is -0.477 e. The highest BCUT2D eigenvalue weighted by Gasteiger charge is 2.25. The second-order valence-electron chi connectivity index (χ2n) is 4.36. The molecule has 1 aliphatic heterocycles. The molecule has 3 rings (SSSR count). The second-order valence-corrected chi connectivity index (χ2v) is 5.36. The Morgan fingerprint density at radius 2 is 2.39 bits per heavy atom. The van der Waals surface area contributed by atoms with Gasteiger partial charge in [-0.2, -0.15) is 0 Å². The van der Waals surface area contributed by atoms with Gasteiger partial charge < -0.3 is 9.84 Å². The normalized spacial score (nSPS) is 19.5. The Hall–Kier alpha value is -1.53. The van der Waals surface area contributed by atoms with E-state index in [0.29, 0.717) is 11.5 Å². The van der Waals surface area contributed by atoms with Crippen LogP contribution < -0.4 is 0 Å². The van der Waals surface area contributed by atoms with E-state index in [0.717, 1.165) is 34.5 Å². The quantitative estimate of drug-likeness (QED) is 0.900. The molecule has 2 aromatic heterocycles. The maximum atomic E-state index is 11.2. The monoisotopic (exact) mass is 264 g/mol. The molecule has 1 saturated heterocycles. The van der Waals surface area contributed by atoms with Gasteiger partial charge in [-0.25, -0.2) is 14.8 Å². The maximum Gasteiger partial charge on any atom is 0.346 e. The van der Waals surface area contributed by atoms with Crippen LogP contribution >= 0.6 is 11.3 Å². The number of hydrogen-bond donors (Lipinski definition) is 1. The molecule has 6 heteroatoms. The fraction of sp³-hybridized carbons (Fsp3) is 0.417. The zero-order chi connectivity index (χ0) is 12.7. The van der Waals surface area contributed by atoms with Gasteiger partial charge in [0.05, 0.1) is 12.3 Å². The second kappa shape index (κ2) is 4.29. The van der Waals surface area contributed by atoms with Crippen molar-refractivity contribution in [2.45, 2.75) is 19.3 Å². The van der Waals surface area contributed by atoms with Crippen molar-refractivity contribution in [2.75, 3.05) is 13.2 Å². The zero-order valence-electron chi connectivity index (χ0n) is 9.84. The number of nitrogens with zero attached hydrogens (tertiary/aromatic N) is 2. The molecule has 0 aromatic carbocycles. The lowest BCUT2D eigenvalue weighted by Gasteiger charge is -2.08. The lowest BCUT2D eigenvalue weighted by Crippen LogP contribution is -2.02. The first-order valence-corrected chi connectivity index (χ1v) is 6.55. The lowest BCUT2D eigenvalue weighted by atomic mass is 10.00. The largest absolute Gasteiger partial charge is 0.477 e. The average molecular weight is 264 g/mol. The highest BCUT2D eigenvalue weighted by Crippen LogP contribution is 2.36. The van der Waals surface area contributed by atoms with Crippen LogP contribution in [-0.2, 0) is 4.74 Å². The number of aromatic nitrogens is 2. The molecule has 3 heterocycles. The summed E-state index contributed by atoms with van der Waals surface area (Å²) in [5.74, 6) is -0.644. The summed E-state index contributed by atoms with van der Waals surface area (Å²) in [6.45, 7) is 3.22. The van der Waals surface area contributed by atoms with E-state index in [1.165, 1.54) is 17.7 Å². The number of rotatable bonds is 2. The van der Waals surface area contributed by atoms with E-state index in [2.05, 4.69) is 9.97 Å². The van der Waals surface area contributed by atoms with Crippen molar-refractivity contribution in [1.82, 2.24) is 9.97 Å². The van der Waals surface area contributed by atoms with Gasteiger partial charge in [0.25, 0.3) is 0 Å². The van der Waals surface area contributed by atoms with E-state index < -0.39 is 5.97 Å². The molecule has 0 amide bonds. The molecule has 5 nitrogen and oxygen atoms in total. The number of carboxylic acids is 1. The van der Waals surface area contributed by atoms with Crippen molar-refractivity contribution in [3.8, 4) is 0 Å². The summed E-state index contributed by atoms with van der Waals surface area (Å²) < 4.78 is 5.38. The van der Waals surface area contributed by atoms with Crippen molar-refractivity contribution in [3.05, 3.63) is 22.5 Å². The Balaban J connectivity index is 2.23. The topological polar surface area (TPSA) is 72.3 Å². The average Bonchev–Trinajstić information content (AvgIpc) is 2.97. The molecule has 2 aromatic rings. The van der Waals surface area contributed by atoms with Crippen LogP contribution in [-0.4, -0.2) is 34.3 Å². The first kappa shape index (κ1) is 11.6. The summed E-state index contributed by atoms with van der Waals surface area (Å²) in [6.07, 6.45) is 2.45. The molecule has 1 fully saturated rings. The molecule has 1 atom stereocenters. The summed E-state index contributed by atoms with van der Waals surface area (Å²) in [5.41, 5.74) is 1.70. The Morgan fingerprint density at radius 3 is 3.06 bits per heavy atom. The number of carboxylic acid groups (broad SMARTS) is 1. The molecule has 0 spiro atoms. The predicted molar refractivity (Wildman–Crippen MR) is 67.3 cm³/mol. The van der Waals surface area contributed by atoms with E-state index in [-0.39, 0.29) is 5.92 Å². The molecule has 0 radical (unpaired) electrons. The first-order valence-electron chi connectivity index (χ1n) is 5.73. The van der Waals surface area contributed by atoms with E-state index >= 15 is 0 Å². The Bertz CT molecular complexity index is 617. The van der Waals surface area contributed by atoms with Gasteiger partial charge in [0, 0.05) is 17.9 Å². The number of thiophene rings is 1. The molecular formula is C12H12N2O3S. The third-order valence-corrected chi connectivity index (χ3v) is 4.45. The van der Waals surface area contributed by atoms with Crippen molar-refractivity contribution < 1.29 is 14.6 Å². The smallest absolute Gasteiger partial charge is 0.346 e. The third-order valence-electron chi connectivity index (χ3n) is 3.27. The first-order chi connectivity index (χ1) is 8.68. The number of aryl methyl sites for hydroxylation is 1. The van der Waals surface area contributed by atoms with E-state index in [1.54, 1.807) is 0 Å². The van der Waals surface area contributed by atoms with Gasteiger partial charge in [0.2, 0.25) is 0 Å². The minimum atomic E-state index is -0.899. The molecule has 1 unspecified atom stereocenters. The van der Waals surface area contributed by atoms with E-state index in [1.807, 2.05) is 6.92 Å². The van der Waals surface area contributed by atoms with Crippen LogP contribution in [0.25, 0.3) is 10.2 Å². The molecule has 1 aliphatic rings. The Kier molecular flexibility index (Phi) is 2.76. The zero-order valence-corrected chi connectivity index (χ0v) is 10.7. The van der Waals surface area contributed by atoms with Crippen molar-refractivity contribution >= 4 is 27.5 Å². The summed E-state index contributed by atoms with van der Waals surface area (Å²) in [7, 11) is 0. The van der Waals surface area contributed by atoms with Crippen molar-refractivity contribution in [1.29, 1.82) is 0 Å². The van der Waals surface area contributed by atoms with Crippen LogP contribution in [0.2, 0.25) is 0 Å². The molecule has 0 bridgehead atoms. The lowest BCUT2D eigenvalue weighted by molar-refractivity contribution is 0.0701. The van der Waals surface area contributed by atoms with Crippen LogP contribution in [0.3, 0.4) is 0 Å². The molecule has 94 valence electrons. The Labute approximate surface area is 107 Å². The summed E-state index contributed by atoms with van der Waals surface area (Å²) in [4.78, 5) is 20.8. The molecule has 1 N–H and O–H groups in total. The van der Waals surface area contributed by atoms with E-state index in [9.17, 15) is 4.79 Å². The highest BCUT2D eigenvalue weighted by atomic mass is 32.1. The van der Waals surface area contributed by atoms with Crippen molar-refractivity contribution in [3.63, 3.8) is 0 Å². The standard InChI is InChI=1S/C12H12N2O3S/c1-6-8-9(7-2-3-17-4-7)13-5-14-11(8)18-10(6)12(15)16/h5,7H,2-4H2,1H3,(H,15,16). The van der Waals surface area contributed by atoms with Crippen LogP contribution in [0.1, 0.15) is 33.3 Å². The number of hydrogen-bond acceptors (Lipinski definition) is 5. The fourth-order valence-electron chi connectivity index (χ4n) is 2.36. The van der Waals surface area contributed by atoms with Crippen LogP contribution in [0, 0.1) is 6.92 Å². The minimum absolute atomic E-state index is 0.255. The Morgan fingerprint density at radius 1 is 1.56 bits per heavy atom. The van der Waals surface area contributed by atoms with Gasteiger partial charge in [-0.3, -0.25) is 0 Å². The van der Waals surface area contributed by atoms with Gasteiger partial charge in [0.1, 0.15) is 16.0 Å². The summed E-state index contributed by atoms with van der Waals surface area (Å²) in [5, 5.41) is 10.1. The molecular weight excluding hydrogens is 252 g/mol. The predicted octanol–water partition coefficient (Wildman–Crippen LogP) is 2.20. The SMILES string of the molecule is Cc1c(C(=O)O)sc2ncnc(C3CCOC3)c12. The number of carbonyl (C=O) groups is 1. The molecule has 18 heavy (non-hydrogen) atoms. The summed E-state index contributed by atoms with van der Waals surface area (Å²) >= 11 is 1.21. The highest BCUT2D eigenvalue weighted by molar-refractivity contribution is 7.20. The van der Waals surface area contributed by atoms with Crippen LogP contribution in [0.5, 0.6) is 0 Å². The van der Waals surface area contributed by atoms with Crippen LogP contribution in [0.15, 0.2) is 6.33 Å². The molecule has 0 saturated carbocycles. The van der Waals surface area contributed by atoms with Gasteiger partial charge in [-0.15, -0.1) is 11.3 Å². The summed E-state index contributed by atoms with van der Waals surface area (Å²) in [6, 6.07) is 0. The fourth-order valence-corrected chi connectivity index (χ4v) is 3.36.